The van der Waals surface area contributed by atoms with E-state index in [0.717, 1.165) is 43.3 Å². The minimum atomic E-state index is -0.115. The van der Waals surface area contributed by atoms with Gasteiger partial charge in [-0.1, -0.05) is 0 Å². The highest BCUT2D eigenvalue weighted by Crippen LogP contribution is 2.39. The van der Waals surface area contributed by atoms with Crippen LogP contribution in [0.15, 0.2) is 6.07 Å². The molecule has 1 saturated carbocycles. The van der Waals surface area contributed by atoms with Gasteiger partial charge >= 0.3 is 0 Å². The molecule has 0 aromatic carbocycles. The predicted molar refractivity (Wildman–Crippen MR) is 82.6 cm³/mol. The van der Waals surface area contributed by atoms with E-state index in [4.69, 9.17) is 4.98 Å². The van der Waals surface area contributed by atoms with Crippen molar-refractivity contribution in [2.75, 3.05) is 30.9 Å². The molecular weight excluding hydrogens is 266 g/mol. The maximum absolute atomic E-state index is 12.1. The lowest BCUT2D eigenvalue weighted by molar-refractivity contribution is -0.122. The van der Waals surface area contributed by atoms with Crippen LogP contribution in [0.25, 0.3) is 0 Å². The zero-order chi connectivity index (χ0) is 14.8. The summed E-state index contributed by atoms with van der Waals surface area (Å²) in [5.74, 6) is 3.21. The second-order valence-corrected chi connectivity index (χ2v) is 5.81. The van der Waals surface area contributed by atoms with Crippen molar-refractivity contribution in [3.05, 3.63) is 11.9 Å². The van der Waals surface area contributed by atoms with E-state index in [-0.39, 0.29) is 11.9 Å². The van der Waals surface area contributed by atoms with Crippen LogP contribution in [0.5, 0.6) is 0 Å². The highest BCUT2D eigenvalue weighted by atomic mass is 16.2. The third-order valence-corrected chi connectivity index (χ3v) is 4.27. The van der Waals surface area contributed by atoms with Gasteiger partial charge in [0.2, 0.25) is 5.91 Å². The van der Waals surface area contributed by atoms with Gasteiger partial charge in [0, 0.05) is 32.6 Å². The zero-order valence-electron chi connectivity index (χ0n) is 12.7. The van der Waals surface area contributed by atoms with Crippen LogP contribution in [0.4, 0.5) is 11.6 Å². The Morgan fingerprint density at radius 1 is 1.24 bits per heavy atom. The Labute approximate surface area is 125 Å². The molecule has 1 aromatic heterocycles. The number of piperidine rings is 1. The first-order valence-corrected chi connectivity index (χ1v) is 7.78. The van der Waals surface area contributed by atoms with Crippen molar-refractivity contribution in [1.29, 1.82) is 0 Å². The Morgan fingerprint density at radius 3 is 2.71 bits per heavy atom. The number of hydrogen-bond donors (Lipinski definition) is 2. The zero-order valence-corrected chi connectivity index (χ0v) is 12.7. The number of amides is 1. The quantitative estimate of drug-likeness (QED) is 0.879. The Kier molecular flexibility index (Phi) is 3.94. The van der Waals surface area contributed by atoms with Gasteiger partial charge in [-0.2, -0.15) is 0 Å². The lowest BCUT2D eigenvalue weighted by atomic mass is 10.0. The summed E-state index contributed by atoms with van der Waals surface area (Å²) < 4.78 is 0. The molecule has 6 nitrogen and oxygen atoms in total. The van der Waals surface area contributed by atoms with Gasteiger partial charge < -0.3 is 15.5 Å². The molecular formula is C15H23N5O. The lowest BCUT2D eigenvalue weighted by Crippen LogP contribution is -2.49. The minimum absolute atomic E-state index is 0.0762. The molecule has 0 radical (unpaired) electrons. The lowest BCUT2D eigenvalue weighted by Gasteiger charge is -2.35. The summed E-state index contributed by atoms with van der Waals surface area (Å²) >= 11 is 0. The van der Waals surface area contributed by atoms with E-state index in [9.17, 15) is 4.79 Å². The van der Waals surface area contributed by atoms with Crippen LogP contribution in [0, 0.1) is 0 Å². The molecule has 21 heavy (non-hydrogen) atoms. The Hall–Kier alpha value is -1.85. The molecule has 3 rings (SSSR count). The van der Waals surface area contributed by atoms with E-state index in [1.165, 1.54) is 12.8 Å². The molecule has 1 aromatic rings. The number of rotatable bonds is 4. The Bertz CT molecular complexity index is 529. The normalized spacial score (nSPS) is 22.0. The van der Waals surface area contributed by atoms with Gasteiger partial charge in [0.05, 0.1) is 0 Å². The van der Waals surface area contributed by atoms with Gasteiger partial charge in [0.25, 0.3) is 0 Å². The first kappa shape index (κ1) is 14.1. The smallest absolute Gasteiger partial charge is 0.242 e. The molecule has 1 aliphatic carbocycles. The number of aromatic nitrogens is 2. The second kappa shape index (κ2) is 5.87. The molecule has 2 fully saturated rings. The molecule has 1 saturated heterocycles. The first-order valence-electron chi connectivity index (χ1n) is 7.78. The highest BCUT2D eigenvalue weighted by Gasteiger charge is 2.32. The Balaban J connectivity index is 1.92. The van der Waals surface area contributed by atoms with E-state index < -0.39 is 0 Å². The van der Waals surface area contributed by atoms with E-state index in [1.807, 2.05) is 13.1 Å². The van der Waals surface area contributed by atoms with E-state index in [0.29, 0.717) is 5.92 Å². The van der Waals surface area contributed by atoms with Crippen molar-refractivity contribution in [1.82, 2.24) is 15.3 Å². The Morgan fingerprint density at radius 2 is 2.05 bits per heavy atom. The van der Waals surface area contributed by atoms with Crippen LogP contribution >= 0.6 is 0 Å². The summed E-state index contributed by atoms with van der Waals surface area (Å²) in [6.45, 7) is 0.877. The molecule has 1 amide bonds. The fourth-order valence-corrected chi connectivity index (χ4v) is 2.90. The summed E-state index contributed by atoms with van der Waals surface area (Å²) in [5.41, 5.74) is 0. The molecule has 2 heterocycles. The summed E-state index contributed by atoms with van der Waals surface area (Å²) in [5, 5.41) is 5.88. The molecule has 6 heteroatoms. The standard InChI is InChI=1S/C15H23N5O/c1-16-12-9-13(19-14(18-12)10-6-7-10)20-8-4-3-5-11(20)15(21)17-2/h9-11H,3-8H2,1-2H3,(H,17,21)(H,16,18,19). The molecule has 1 unspecified atom stereocenters. The van der Waals surface area contributed by atoms with Crippen LogP contribution in [0.2, 0.25) is 0 Å². The number of carbonyl (C=O) groups is 1. The fraction of sp³-hybridized carbons (Fsp3) is 0.667. The second-order valence-electron chi connectivity index (χ2n) is 5.81. The van der Waals surface area contributed by atoms with E-state index >= 15 is 0 Å². The van der Waals surface area contributed by atoms with Crippen molar-refractivity contribution in [3.8, 4) is 0 Å². The van der Waals surface area contributed by atoms with Crippen molar-refractivity contribution in [2.45, 2.75) is 44.1 Å². The van der Waals surface area contributed by atoms with Gasteiger partial charge in [-0.3, -0.25) is 4.79 Å². The average molecular weight is 289 g/mol. The van der Waals surface area contributed by atoms with Crippen molar-refractivity contribution in [2.24, 2.45) is 0 Å². The molecule has 1 aliphatic heterocycles. The summed E-state index contributed by atoms with van der Waals surface area (Å²) in [4.78, 5) is 23.5. The monoisotopic (exact) mass is 289 g/mol. The van der Waals surface area contributed by atoms with Gasteiger partial charge in [-0.25, -0.2) is 9.97 Å². The SMILES string of the molecule is CNC(=O)C1CCCCN1c1cc(NC)nc(C2CC2)n1. The largest absolute Gasteiger partial charge is 0.373 e. The number of anilines is 2. The maximum atomic E-state index is 12.1. The van der Waals surface area contributed by atoms with Gasteiger partial charge in [0.15, 0.2) is 0 Å². The average Bonchev–Trinajstić information content (AvgIpc) is 3.38. The fourth-order valence-electron chi connectivity index (χ4n) is 2.90. The molecule has 114 valence electrons. The van der Waals surface area contributed by atoms with Crippen molar-refractivity contribution < 1.29 is 4.79 Å². The van der Waals surface area contributed by atoms with E-state index in [1.54, 1.807) is 7.05 Å². The highest BCUT2D eigenvalue weighted by molar-refractivity contribution is 5.85. The molecule has 1 atom stereocenters. The molecule has 2 N–H and O–H groups in total. The number of likely N-dealkylation sites (N-methyl/N-ethyl adjacent to an activating group) is 1. The van der Waals surface area contributed by atoms with Crippen LogP contribution < -0.4 is 15.5 Å². The number of carbonyl (C=O) groups excluding carboxylic acids is 1. The van der Waals surface area contributed by atoms with Gasteiger partial charge in [-0.05, 0) is 32.1 Å². The van der Waals surface area contributed by atoms with Crippen molar-refractivity contribution >= 4 is 17.5 Å². The number of nitrogens with zero attached hydrogens (tertiary/aromatic N) is 3. The van der Waals surface area contributed by atoms with Gasteiger partial charge in [-0.15, -0.1) is 0 Å². The number of nitrogens with one attached hydrogen (secondary N) is 2. The molecule has 2 aliphatic rings. The number of hydrogen-bond acceptors (Lipinski definition) is 5. The predicted octanol–water partition coefficient (Wildman–Crippen LogP) is 1.50. The summed E-state index contributed by atoms with van der Waals surface area (Å²) in [7, 11) is 3.57. The third kappa shape index (κ3) is 2.94. The van der Waals surface area contributed by atoms with Crippen LogP contribution in [-0.2, 0) is 4.79 Å². The van der Waals surface area contributed by atoms with Crippen molar-refractivity contribution in [3.63, 3.8) is 0 Å². The molecule has 0 bridgehead atoms. The maximum Gasteiger partial charge on any atom is 0.242 e. The first-order chi connectivity index (χ1) is 10.2. The van der Waals surface area contributed by atoms with Crippen LogP contribution in [0.1, 0.15) is 43.8 Å². The third-order valence-electron chi connectivity index (χ3n) is 4.27. The molecule has 0 spiro atoms. The topological polar surface area (TPSA) is 70.2 Å². The van der Waals surface area contributed by atoms with Crippen LogP contribution in [0.3, 0.4) is 0 Å². The minimum Gasteiger partial charge on any atom is -0.373 e. The van der Waals surface area contributed by atoms with E-state index in [2.05, 4.69) is 20.5 Å². The summed E-state index contributed by atoms with van der Waals surface area (Å²) in [6.07, 6.45) is 5.42. The summed E-state index contributed by atoms with van der Waals surface area (Å²) in [6, 6.07) is 1.84. The van der Waals surface area contributed by atoms with Crippen LogP contribution in [-0.4, -0.2) is 42.6 Å². The van der Waals surface area contributed by atoms with Gasteiger partial charge in [0.1, 0.15) is 23.5 Å².